The van der Waals surface area contributed by atoms with Crippen molar-refractivity contribution in [2.75, 3.05) is 13.2 Å². The second-order valence-electron chi connectivity index (χ2n) is 7.92. The lowest BCUT2D eigenvalue weighted by Gasteiger charge is -2.27. The molecule has 8 heteroatoms. The van der Waals surface area contributed by atoms with Crippen LogP contribution in [0.2, 0.25) is 0 Å². The first kappa shape index (κ1) is 23.1. The molecule has 3 aromatic rings. The molecule has 4 rings (SSSR count). The lowest BCUT2D eigenvalue weighted by Crippen LogP contribution is -2.45. The van der Waals surface area contributed by atoms with E-state index in [2.05, 4.69) is 10.6 Å². The van der Waals surface area contributed by atoms with Gasteiger partial charge in [0.05, 0.1) is 36.2 Å². The first-order valence-corrected chi connectivity index (χ1v) is 11.3. The van der Waals surface area contributed by atoms with Crippen LogP contribution < -0.4 is 15.4 Å². The van der Waals surface area contributed by atoms with Gasteiger partial charge in [0.25, 0.3) is 0 Å². The molecule has 0 saturated carbocycles. The summed E-state index contributed by atoms with van der Waals surface area (Å²) in [5.74, 6) is 0.312. The molecule has 1 aliphatic rings. The Kier molecular flexibility index (Phi) is 6.67. The van der Waals surface area contributed by atoms with Crippen molar-refractivity contribution in [3.8, 4) is 22.7 Å². The summed E-state index contributed by atoms with van der Waals surface area (Å²) in [5.41, 5.74) is 4.80. The number of nitrogens with one attached hydrogen (secondary N) is 2. The number of rotatable bonds is 7. The number of allylic oxidation sites excluding steroid dienone is 1. The minimum atomic E-state index is -0.730. The number of carbonyl (C=O) groups is 2. The van der Waals surface area contributed by atoms with Gasteiger partial charge in [0.15, 0.2) is 0 Å². The van der Waals surface area contributed by atoms with Crippen molar-refractivity contribution in [1.29, 1.82) is 0 Å². The van der Waals surface area contributed by atoms with Crippen LogP contribution in [0.1, 0.15) is 37.9 Å². The summed E-state index contributed by atoms with van der Waals surface area (Å²) in [6.45, 7) is 8.16. The van der Waals surface area contributed by atoms with Crippen molar-refractivity contribution < 1.29 is 19.1 Å². The van der Waals surface area contributed by atoms with Crippen molar-refractivity contribution in [2.45, 2.75) is 33.7 Å². The summed E-state index contributed by atoms with van der Waals surface area (Å²) < 4.78 is 12.8. The highest BCUT2D eigenvalue weighted by Gasteiger charge is 2.35. The number of para-hydroxylation sites is 1. The van der Waals surface area contributed by atoms with Gasteiger partial charge in [-0.3, -0.25) is 0 Å². The number of nitrogens with zero attached hydrogens (tertiary/aromatic N) is 2. The SMILES string of the molecule is CCOC(=O)C1=C(C)NC(=O)NC1c1cn(-c2ccccc2)nc1-c1ccc(OCC)c(C)c1. The van der Waals surface area contributed by atoms with Gasteiger partial charge in [-0.1, -0.05) is 18.2 Å². The number of esters is 1. The molecule has 1 aliphatic heterocycles. The van der Waals surface area contributed by atoms with Crippen molar-refractivity contribution in [1.82, 2.24) is 20.4 Å². The first-order chi connectivity index (χ1) is 16.4. The quantitative estimate of drug-likeness (QED) is 0.509. The van der Waals surface area contributed by atoms with E-state index in [4.69, 9.17) is 14.6 Å². The molecule has 8 nitrogen and oxygen atoms in total. The van der Waals surface area contributed by atoms with Crippen LogP contribution in [-0.2, 0) is 9.53 Å². The van der Waals surface area contributed by atoms with Crippen molar-refractivity contribution in [3.63, 3.8) is 0 Å². The normalized spacial score (nSPS) is 15.5. The van der Waals surface area contributed by atoms with E-state index in [1.165, 1.54) is 0 Å². The molecule has 2 N–H and O–H groups in total. The highest BCUT2D eigenvalue weighted by atomic mass is 16.5. The van der Waals surface area contributed by atoms with Crippen LogP contribution >= 0.6 is 0 Å². The first-order valence-electron chi connectivity index (χ1n) is 11.3. The van der Waals surface area contributed by atoms with Gasteiger partial charge >= 0.3 is 12.0 Å². The molecule has 0 bridgehead atoms. The average Bonchev–Trinajstić information content (AvgIpc) is 3.26. The smallest absolute Gasteiger partial charge is 0.338 e. The summed E-state index contributed by atoms with van der Waals surface area (Å²) in [7, 11) is 0. The van der Waals surface area contributed by atoms with E-state index in [0.29, 0.717) is 29.1 Å². The van der Waals surface area contributed by atoms with Gasteiger partial charge in [0, 0.05) is 23.0 Å². The molecule has 0 radical (unpaired) electrons. The van der Waals surface area contributed by atoms with Gasteiger partial charge < -0.3 is 20.1 Å². The van der Waals surface area contributed by atoms with Crippen molar-refractivity contribution >= 4 is 12.0 Å². The fraction of sp³-hybridized carbons (Fsp3) is 0.269. The Morgan fingerprint density at radius 1 is 1.09 bits per heavy atom. The summed E-state index contributed by atoms with van der Waals surface area (Å²) in [4.78, 5) is 25.3. The molecule has 1 atom stereocenters. The molecule has 2 amide bonds. The molecular weight excluding hydrogens is 432 g/mol. The van der Waals surface area contributed by atoms with E-state index in [-0.39, 0.29) is 6.61 Å². The van der Waals surface area contributed by atoms with Gasteiger partial charge in [-0.25, -0.2) is 14.3 Å². The number of hydrogen-bond acceptors (Lipinski definition) is 5. The maximum Gasteiger partial charge on any atom is 0.338 e. The minimum absolute atomic E-state index is 0.227. The Morgan fingerprint density at radius 2 is 1.85 bits per heavy atom. The Labute approximate surface area is 198 Å². The summed E-state index contributed by atoms with van der Waals surface area (Å²) in [6, 6.07) is 14.4. The van der Waals surface area contributed by atoms with Crippen LogP contribution in [0.25, 0.3) is 16.9 Å². The maximum absolute atomic E-state index is 12.9. The predicted molar refractivity (Wildman–Crippen MR) is 129 cm³/mol. The van der Waals surface area contributed by atoms with Gasteiger partial charge in [-0.05, 0) is 63.6 Å². The standard InChI is InChI=1S/C26H28N4O4/c1-5-33-21-13-12-18(14-16(21)3)23-20(15-30(29-23)19-10-8-7-9-11-19)24-22(25(31)34-6-2)17(4)27-26(32)28-24/h7-15,24H,5-6H2,1-4H3,(H2,27,28,32). The van der Waals surface area contributed by atoms with Crippen LogP contribution in [0.3, 0.4) is 0 Å². The number of carbonyl (C=O) groups excluding carboxylic acids is 2. The topological polar surface area (TPSA) is 94.5 Å². The van der Waals surface area contributed by atoms with E-state index in [1.54, 1.807) is 18.5 Å². The van der Waals surface area contributed by atoms with Crippen LogP contribution in [0.15, 0.2) is 66.0 Å². The molecule has 0 aliphatic carbocycles. The number of benzene rings is 2. The van der Waals surface area contributed by atoms with E-state index in [1.807, 2.05) is 68.6 Å². The molecule has 0 spiro atoms. The third-order valence-electron chi connectivity index (χ3n) is 5.59. The second kappa shape index (κ2) is 9.82. The highest BCUT2D eigenvalue weighted by molar-refractivity contribution is 5.95. The number of aryl methyl sites for hydroxylation is 1. The zero-order chi connectivity index (χ0) is 24.2. The van der Waals surface area contributed by atoms with Crippen LogP contribution in [-0.4, -0.2) is 35.0 Å². The van der Waals surface area contributed by atoms with Gasteiger partial charge in [0.2, 0.25) is 0 Å². The molecule has 34 heavy (non-hydrogen) atoms. The average molecular weight is 461 g/mol. The Balaban J connectivity index is 1.89. The number of aromatic nitrogens is 2. The van der Waals surface area contributed by atoms with E-state index in [0.717, 1.165) is 22.6 Å². The number of hydrogen-bond donors (Lipinski definition) is 2. The monoisotopic (exact) mass is 460 g/mol. The van der Waals surface area contributed by atoms with Crippen molar-refractivity contribution in [3.05, 3.63) is 77.1 Å². The van der Waals surface area contributed by atoms with E-state index in [9.17, 15) is 9.59 Å². The van der Waals surface area contributed by atoms with Gasteiger partial charge in [0.1, 0.15) is 5.75 Å². The van der Waals surface area contributed by atoms with Gasteiger partial charge in [-0.2, -0.15) is 5.10 Å². The Morgan fingerprint density at radius 3 is 2.53 bits per heavy atom. The summed E-state index contributed by atoms with van der Waals surface area (Å²) in [6.07, 6.45) is 1.85. The third-order valence-corrected chi connectivity index (χ3v) is 5.59. The lowest BCUT2D eigenvalue weighted by atomic mass is 9.93. The molecule has 2 aromatic carbocycles. The highest BCUT2D eigenvalue weighted by Crippen LogP contribution is 2.36. The molecule has 1 aromatic heterocycles. The lowest BCUT2D eigenvalue weighted by molar-refractivity contribution is -0.139. The number of urea groups is 1. The zero-order valence-electron chi connectivity index (χ0n) is 19.7. The molecule has 176 valence electrons. The third kappa shape index (κ3) is 4.52. The summed E-state index contributed by atoms with van der Waals surface area (Å²) in [5, 5.41) is 10.4. The molecule has 0 fully saturated rings. The minimum Gasteiger partial charge on any atom is -0.494 e. The molecular formula is C26H28N4O4. The van der Waals surface area contributed by atoms with Gasteiger partial charge in [-0.15, -0.1) is 0 Å². The maximum atomic E-state index is 12.9. The zero-order valence-corrected chi connectivity index (χ0v) is 19.7. The molecule has 1 unspecified atom stereocenters. The number of ether oxygens (including phenoxy) is 2. The van der Waals surface area contributed by atoms with E-state index < -0.39 is 18.0 Å². The fourth-order valence-corrected chi connectivity index (χ4v) is 4.06. The Hall–Kier alpha value is -4.07. The molecule has 0 saturated heterocycles. The second-order valence-corrected chi connectivity index (χ2v) is 7.92. The van der Waals surface area contributed by atoms with Crippen LogP contribution in [0.4, 0.5) is 4.79 Å². The van der Waals surface area contributed by atoms with Crippen LogP contribution in [0.5, 0.6) is 5.75 Å². The molecule has 2 heterocycles. The van der Waals surface area contributed by atoms with Crippen LogP contribution in [0, 0.1) is 6.92 Å². The van der Waals surface area contributed by atoms with E-state index >= 15 is 0 Å². The largest absolute Gasteiger partial charge is 0.494 e. The fourth-order valence-electron chi connectivity index (χ4n) is 4.06. The van der Waals surface area contributed by atoms with Crippen molar-refractivity contribution in [2.24, 2.45) is 0 Å². The summed E-state index contributed by atoms with van der Waals surface area (Å²) >= 11 is 0. The predicted octanol–water partition coefficient (Wildman–Crippen LogP) is 4.44. The Bertz CT molecular complexity index is 1250. The number of amides is 2.